The summed E-state index contributed by atoms with van der Waals surface area (Å²) in [4.78, 5) is 9.34. The van der Waals surface area contributed by atoms with E-state index in [1.807, 2.05) is 24.3 Å². The van der Waals surface area contributed by atoms with Crippen LogP contribution in [0.4, 0.5) is 15.8 Å². The first-order chi connectivity index (χ1) is 13.0. The molecule has 6 heteroatoms. The van der Waals surface area contributed by atoms with Crippen LogP contribution in [0.25, 0.3) is 10.9 Å². The van der Waals surface area contributed by atoms with Crippen LogP contribution in [-0.2, 0) is 0 Å². The summed E-state index contributed by atoms with van der Waals surface area (Å²) in [6.45, 7) is 5.75. The summed E-state index contributed by atoms with van der Waals surface area (Å²) < 4.78 is 14.7. The van der Waals surface area contributed by atoms with Crippen LogP contribution >= 0.6 is 0 Å². The summed E-state index contributed by atoms with van der Waals surface area (Å²) in [6.07, 6.45) is 1.57. The highest BCUT2D eigenvalue weighted by molar-refractivity contribution is 6.02. The monoisotopic (exact) mass is 366 g/mol. The van der Waals surface area contributed by atoms with Gasteiger partial charge in [0.15, 0.2) is 5.88 Å². The molecule has 0 bridgehead atoms. The van der Waals surface area contributed by atoms with Crippen molar-refractivity contribution < 1.29 is 9.50 Å². The SMILES string of the molecule is CC1CN(c2ccc(N=Cc3c(O)[nH]c4ccccc34)cc2F)CC(C)N1. The van der Waals surface area contributed by atoms with E-state index in [0.29, 0.717) is 29.0 Å². The zero-order valence-electron chi connectivity index (χ0n) is 15.4. The number of halogens is 1. The van der Waals surface area contributed by atoms with E-state index in [-0.39, 0.29) is 11.7 Å². The Morgan fingerprint density at radius 3 is 2.63 bits per heavy atom. The number of nitrogens with one attached hydrogen (secondary N) is 2. The summed E-state index contributed by atoms with van der Waals surface area (Å²) in [5.41, 5.74) is 2.54. The molecule has 2 heterocycles. The van der Waals surface area contributed by atoms with Gasteiger partial charge >= 0.3 is 0 Å². The lowest BCUT2D eigenvalue weighted by molar-refractivity contribution is 0.404. The average molecular weight is 366 g/mol. The number of fused-ring (bicyclic) bond motifs is 1. The molecule has 1 aliphatic rings. The first kappa shape index (κ1) is 17.5. The lowest BCUT2D eigenvalue weighted by atomic mass is 10.1. The van der Waals surface area contributed by atoms with Crippen LogP contribution in [0.2, 0.25) is 0 Å². The van der Waals surface area contributed by atoms with Gasteiger partial charge in [-0.25, -0.2) is 4.39 Å². The van der Waals surface area contributed by atoms with Crippen LogP contribution in [0.3, 0.4) is 0 Å². The number of aliphatic imine (C=N–C) groups is 1. The number of nitrogens with zero attached hydrogens (tertiary/aromatic N) is 2. The van der Waals surface area contributed by atoms with Crippen LogP contribution in [0.15, 0.2) is 47.5 Å². The highest BCUT2D eigenvalue weighted by atomic mass is 19.1. The number of benzene rings is 2. The third-order valence-corrected chi connectivity index (χ3v) is 4.90. The van der Waals surface area contributed by atoms with Gasteiger partial charge < -0.3 is 20.3 Å². The summed E-state index contributed by atoms with van der Waals surface area (Å²) in [7, 11) is 0. The number of anilines is 1. The molecular weight excluding hydrogens is 343 g/mol. The number of aromatic nitrogens is 1. The van der Waals surface area contributed by atoms with Gasteiger partial charge in [0.1, 0.15) is 5.82 Å². The van der Waals surface area contributed by atoms with Crippen LogP contribution < -0.4 is 10.2 Å². The van der Waals surface area contributed by atoms with Crippen molar-refractivity contribution in [3.8, 4) is 5.88 Å². The molecule has 3 N–H and O–H groups in total. The Bertz CT molecular complexity index is 987. The zero-order valence-corrected chi connectivity index (χ0v) is 15.4. The van der Waals surface area contributed by atoms with Crippen molar-refractivity contribution in [2.24, 2.45) is 4.99 Å². The quantitative estimate of drug-likeness (QED) is 0.615. The fourth-order valence-electron chi connectivity index (χ4n) is 3.78. The summed E-state index contributed by atoms with van der Waals surface area (Å²) >= 11 is 0. The van der Waals surface area contributed by atoms with Crippen molar-refractivity contribution in [3.63, 3.8) is 0 Å². The molecule has 2 atom stereocenters. The molecule has 27 heavy (non-hydrogen) atoms. The third-order valence-electron chi connectivity index (χ3n) is 4.90. The fraction of sp³-hybridized carbons (Fsp3) is 0.286. The number of piperazine rings is 1. The molecule has 0 radical (unpaired) electrons. The predicted octanol–water partition coefficient (Wildman–Crippen LogP) is 3.95. The molecule has 2 unspecified atom stereocenters. The van der Waals surface area contributed by atoms with E-state index in [9.17, 15) is 9.50 Å². The molecular formula is C21H23FN4O. The van der Waals surface area contributed by atoms with E-state index in [1.165, 1.54) is 6.07 Å². The van der Waals surface area contributed by atoms with Crippen molar-refractivity contribution in [2.45, 2.75) is 25.9 Å². The lowest BCUT2D eigenvalue weighted by Crippen LogP contribution is -2.54. The highest BCUT2D eigenvalue weighted by Crippen LogP contribution is 2.28. The molecule has 0 saturated carbocycles. The summed E-state index contributed by atoms with van der Waals surface area (Å²) in [5, 5.41) is 14.4. The molecule has 140 valence electrons. The molecule has 0 amide bonds. The van der Waals surface area contributed by atoms with Gasteiger partial charge in [0.05, 0.1) is 16.9 Å². The number of aromatic hydroxyl groups is 1. The Labute approximate surface area is 157 Å². The van der Waals surface area contributed by atoms with Crippen LogP contribution in [0.1, 0.15) is 19.4 Å². The maximum Gasteiger partial charge on any atom is 0.198 e. The van der Waals surface area contributed by atoms with E-state index >= 15 is 0 Å². The topological polar surface area (TPSA) is 63.6 Å². The highest BCUT2D eigenvalue weighted by Gasteiger charge is 2.23. The lowest BCUT2D eigenvalue weighted by Gasteiger charge is -2.37. The zero-order chi connectivity index (χ0) is 19.0. The van der Waals surface area contributed by atoms with E-state index in [1.54, 1.807) is 18.3 Å². The van der Waals surface area contributed by atoms with Crippen molar-refractivity contribution >= 4 is 28.5 Å². The molecule has 1 fully saturated rings. The third kappa shape index (κ3) is 3.53. The smallest absolute Gasteiger partial charge is 0.198 e. The second-order valence-electron chi connectivity index (χ2n) is 7.20. The van der Waals surface area contributed by atoms with Crippen molar-refractivity contribution in [1.82, 2.24) is 10.3 Å². The van der Waals surface area contributed by atoms with Crippen LogP contribution in [-0.4, -0.2) is 41.5 Å². The molecule has 4 rings (SSSR count). The normalized spacial score (nSPS) is 20.6. The number of hydrogen-bond acceptors (Lipinski definition) is 4. The van der Waals surface area contributed by atoms with Gasteiger partial charge in [-0.15, -0.1) is 0 Å². The maximum absolute atomic E-state index is 14.7. The fourth-order valence-corrected chi connectivity index (χ4v) is 3.78. The Morgan fingerprint density at radius 2 is 1.89 bits per heavy atom. The Balaban J connectivity index is 1.59. The van der Waals surface area contributed by atoms with Crippen LogP contribution in [0, 0.1) is 5.82 Å². The van der Waals surface area contributed by atoms with Gasteiger partial charge in [0, 0.05) is 48.4 Å². The van der Waals surface area contributed by atoms with Gasteiger partial charge in [-0.2, -0.15) is 0 Å². The van der Waals surface area contributed by atoms with Crippen LogP contribution in [0.5, 0.6) is 5.88 Å². The molecule has 0 spiro atoms. The molecule has 1 aromatic heterocycles. The molecule has 3 aromatic rings. The van der Waals surface area contributed by atoms with E-state index in [2.05, 4.69) is 34.0 Å². The molecule has 1 aliphatic heterocycles. The van der Waals surface area contributed by atoms with Crippen molar-refractivity contribution in [3.05, 3.63) is 53.8 Å². The van der Waals surface area contributed by atoms with Gasteiger partial charge in [-0.05, 0) is 32.0 Å². The van der Waals surface area contributed by atoms with Crippen molar-refractivity contribution in [1.29, 1.82) is 0 Å². The molecule has 0 aliphatic carbocycles. The second kappa shape index (κ2) is 7.04. The molecule has 1 saturated heterocycles. The predicted molar refractivity (Wildman–Crippen MR) is 108 cm³/mol. The van der Waals surface area contributed by atoms with E-state index in [4.69, 9.17) is 0 Å². The Kier molecular flexibility index (Phi) is 4.58. The van der Waals surface area contributed by atoms with E-state index < -0.39 is 0 Å². The number of hydrogen-bond donors (Lipinski definition) is 3. The first-order valence-electron chi connectivity index (χ1n) is 9.15. The standard InChI is InChI=1S/C21H23FN4O/c1-13-11-26(12-14(2)24-13)20-8-7-15(9-18(20)22)23-10-17-16-5-3-4-6-19(16)25-21(17)27/h3-10,13-14,24-25,27H,11-12H2,1-2H3. The average Bonchev–Trinajstić information content (AvgIpc) is 2.94. The number of rotatable bonds is 3. The second-order valence-corrected chi connectivity index (χ2v) is 7.20. The largest absolute Gasteiger partial charge is 0.494 e. The Hall–Kier alpha value is -2.86. The summed E-state index contributed by atoms with van der Waals surface area (Å²) in [5.74, 6) is -0.227. The van der Waals surface area contributed by atoms with Gasteiger partial charge in [0.2, 0.25) is 0 Å². The number of para-hydroxylation sites is 1. The number of aromatic amines is 1. The molecule has 5 nitrogen and oxygen atoms in total. The van der Waals surface area contributed by atoms with Gasteiger partial charge in [-0.1, -0.05) is 18.2 Å². The Morgan fingerprint density at radius 1 is 1.15 bits per heavy atom. The first-order valence-corrected chi connectivity index (χ1v) is 9.15. The minimum Gasteiger partial charge on any atom is -0.494 e. The van der Waals surface area contributed by atoms with Gasteiger partial charge in [-0.3, -0.25) is 4.99 Å². The van der Waals surface area contributed by atoms with Gasteiger partial charge in [0.25, 0.3) is 0 Å². The molecule has 2 aromatic carbocycles. The minimum atomic E-state index is -0.283. The summed E-state index contributed by atoms with van der Waals surface area (Å²) in [6, 6.07) is 13.2. The number of H-pyrrole nitrogens is 1. The minimum absolute atomic E-state index is 0.0563. The van der Waals surface area contributed by atoms with E-state index in [0.717, 1.165) is 24.0 Å². The maximum atomic E-state index is 14.7. The van der Waals surface area contributed by atoms with Crippen molar-refractivity contribution in [2.75, 3.05) is 18.0 Å².